The zero-order chi connectivity index (χ0) is 21.6. The van der Waals surface area contributed by atoms with E-state index in [1.165, 1.54) is 11.1 Å². The Morgan fingerprint density at radius 1 is 1.13 bits per heavy atom. The van der Waals surface area contributed by atoms with Crippen LogP contribution in [-0.4, -0.2) is 44.4 Å². The lowest BCUT2D eigenvalue weighted by molar-refractivity contribution is -0.142. The van der Waals surface area contributed by atoms with Crippen LogP contribution >= 0.6 is 0 Å². The van der Waals surface area contributed by atoms with Gasteiger partial charge in [0.2, 0.25) is 5.91 Å². The molecule has 0 aliphatic heterocycles. The topological polar surface area (TPSA) is 66.8 Å². The van der Waals surface area contributed by atoms with Gasteiger partial charge in [-0.2, -0.15) is 23.4 Å². The number of likely N-dealkylation sites (N-methyl/N-ethyl adjacent to an activating group) is 1. The number of amides is 1. The molecule has 160 valence electrons. The summed E-state index contributed by atoms with van der Waals surface area (Å²) in [6.45, 7) is 0.341. The van der Waals surface area contributed by atoms with Gasteiger partial charge in [0.25, 0.3) is 0 Å². The fourth-order valence-electron chi connectivity index (χ4n) is 3.07. The lowest BCUT2D eigenvalue weighted by Gasteiger charge is -2.17. The molecule has 30 heavy (non-hydrogen) atoms. The van der Waals surface area contributed by atoms with E-state index in [2.05, 4.69) is 15.3 Å². The second-order valence-electron chi connectivity index (χ2n) is 7.17. The van der Waals surface area contributed by atoms with Gasteiger partial charge in [-0.05, 0) is 31.4 Å². The Balaban J connectivity index is 1.35. The maximum absolute atomic E-state index is 12.6. The van der Waals surface area contributed by atoms with Crippen molar-refractivity contribution in [2.75, 3.05) is 13.6 Å². The van der Waals surface area contributed by atoms with Gasteiger partial charge in [0.05, 0.1) is 5.69 Å². The van der Waals surface area contributed by atoms with Crippen molar-refractivity contribution in [1.29, 1.82) is 0 Å². The smallest absolute Gasteiger partial charge is 0.344 e. The summed E-state index contributed by atoms with van der Waals surface area (Å²) in [6.07, 6.45) is 0.225. The van der Waals surface area contributed by atoms with Gasteiger partial charge in [-0.3, -0.25) is 14.6 Å². The third-order valence-corrected chi connectivity index (χ3v) is 4.79. The summed E-state index contributed by atoms with van der Waals surface area (Å²) in [5.74, 6) is -0.270. The fourth-order valence-corrected chi connectivity index (χ4v) is 3.07. The maximum atomic E-state index is 12.6. The van der Waals surface area contributed by atoms with Crippen LogP contribution in [0.25, 0.3) is 11.3 Å². The quantitative estimate of drug-likeness (QED) is 0.530. The van der Waals surface area contributed by atoms with Crippen molar-refractivity contribution < 1.29 is 18.0 Å². The Hall–Kier alpha value is -3.10. The number of nitrogens with one attached hydrogen (secondary N) is 1. The number of carbonyl (C=O) groups excluding carboxylic acids is 1. The van der Waals surface area contributed by atoms with E-state index in [0.717, 1.165) is 53.4 Å². The SMILES string of the molecule is CN(CCCCCc1cc(-c2ccccc2)n[nH]1)C(=O)Cn1ccc(C(F)(F)F)n1. The monoisotopic (exact) mass is 419 g/mol. The normalized spacial score (nSPS) is 11.6. The van der Waals surface area contributed by atoms with Crippen LogP contribution in [0.2, 0.25) is 0 Å². The van der Waals surface area contributed by atoms with Gasteiger partial charge in [0.15, 0.2) is 5.69 Å². The van der Waals surface area contributed by atoms with Crippen LogP contribution in [0.5, 0.6) is 0 Å². The molecule has 0 aliphatic rings. The molecule has 3 rings (SSSR count). The van der Waals surface area contributed by atoms with E-state index in [1.54, 1.807) is 7.05 Å². The molecule has 6 nitrogen and oxygen atoms in total. The summed E-state index contributed by atoms with van der Waals surface area (Å²) in [6, 6.07) is 12.9. The van der Waals surface area contributed by atoms with Crippen LogP contribution in [0.4, 0.5) is 13.2 Å². The standard InChI is InChI=1S/C21H24F3N5O/c1-28(20(30)15-29-13-11-19(27-29)21(22,23)24)12-7-3-6-10-17-14-18(26-25-17)16-8-4-2-5-9-16/h2,4-5,8-9,11,13-14H,3,6-7,10,12,15H2,1H3,(H,25,26). The molecule has 0 atom stereocenters. The van der Waals surface area contributed by atoms with Gasteiger partial charge in [-0.1, -0.05) is 36.8 Å². The Morgan fingerprint density at radius 2 is 1.90 bits per heavy atom. The number of hydrogen-bond donors (Lipinski definition) is 1. The highest BCUT2D eigenvalue weighted by molar-refractivity contribution is 5.75. The van der Waals surface area contributed by atoms with Crippen molar-refractivity contribution in [3.8, 4) is 11.3 Å². The molecule has 0 spiro atoms. The van der Waals surface area contributed by atoms with Crippen molar-refractivity contribution in [3.05, 3.63) is 60.0 Å². The molecule has 1 N–H and O–H groups in total. The minimum absolute atomic E-state index is 0.205. The van der Waals surface area contributed by atoms with E-state index in [-0.39, 0.29) is 12.5 Å². The summed E-state index contributed by atoms with van der Waals surface area (Å²) < 4.78 is 38.7. The number of H-pyrrole nitrogens is 1. The first-order valence-corrected chi connectivity index (χ1v) is 9.77. The molecular formula is C21H24F3N5O. The second-order valence-corrected chi connectivity index (χ2v) is 7.17. The van der Waals surface area contributed by atoms with Crippen molar-refractivity contribution in [2.45, 2.75) is 38.4 Å². The average molecular weight is 419 g/mol. The van der Waals surface area contributed by atoms with Crippen LogP contribution in [-0.2, 0) is 23.9 Å². The first kappa shape index (κ1) is 21.6. The highest BCUT2D eigenvalue weighted by Gasteiger charge is 2.33. The van der Waals surface area contributed by atoms with Crippen molar-refractivity contribution in [3.63, 3.8) is 0 Å². The lowest BCUT2D eigenvalue weighted by Crippen LogP contribution is -2.31. The van der Waals surface area contributed by atoms with Gasteiger partial charge >= 0.3 is 6.18 Å². The fraction of sp³-hybridized carbons (Fsp3) is 0.381. The summed E-state index contributed by atoms with van der Waals surface area (Å²) >= 11 is 0. The minimum atomic E-state index is -4.50. The third kappa shape index (κ3) is 5.95. The zero-order valence-corrected chi connectivity index (χ0v) is 16.7. The Kier molecular flexibility index (Phi) is 6.91. The molecule has 2 aromatic heterocycles. The Morgan fingerprint density at radius 3 is 2.60 bits per heavy atom. The van der Waals surface area contributed by atoms with E-state index in [0.29, 0.717) is 6.54 Å². The molecule has 0 saturated heterocycles. The average Bonchev–Trinajstić information content (AvgIpc) is 3.38. The molecule has 0 unspecified atom stereocenters. The first-order valence-electron chi connectivity index (χ1n) is 9.77. The largest absolute Gasteiger partial charge is 0.435 e. The molecule has 1 amide bonds. The summed E-state index contributed by atoms with van der Waals surface area (Å²) in [5.41, 5.74) is 2.06. The van der Waals surface area contributed by atoms with Gasteiger partial charge in [-0.25, -0.2) is 0 Å². The highest BCUT2D eigenvalue weighted by Crippen LogP contribution is 2.27. The molecule has 0 saturated carbocycles. The van der Waals surface area contributed by atoms with E-state index in [4.69, 9.17) is 0 Å². The first-order chi connectivity index (χ1) is 14.3. The number of carbonyl (C=O) groups is 1. The summed E-state index contributed by atoms with van der Waals surface area (Å²) in [7, 11) is 1.65. The van der Waals surface area contributed by atoms with Crippen LogP contribution in [0.3, 0.4) is 0 Å². The van der Waals surface area contributed by atoms with Gasteiger partial charge in [-0.15, -0.1) is 0 Å². The Bertz CT molecular complexity index is 949. The molecule has 9 heteroatoms. The number of unbranched alkanes of at least 4 members (excludes halogenated alkanes) is 2. The molecule has 0 fully saturated rings. The predicted molar refractivity (Wildman–Crippen MR) is 106 cm³/mol. The molecule has 1 aromatic carbocycles. The highest BCUT2D eigenvalue weighted by atomic mass is 19.4. The summed E-state index contributed by atoms with van der Waals surface area (Å²) in [4.78, 5) is 13.7. The number of rotatable bonds is 9. The van der Waals surface area contributed by atoms with Gasteiger partial charge in [0, 0.05) is 31.0 Å². The van der Waals surface area contributed by atoms with E-state index in [1.807, 2.05) is 36.4 Å². The van der Waals surface area contributed by atoms with Crippen molar-refractivity contribution in [2.24, 2.45) is 0 Å². The molecule has 0 aliphatic carbocycles. The zero-order valence-electron chi connectivity index (χ0n) is 16.7. The van der Waals surface area contributed by atoms with Crippen molar-refractivity contribution in [1.82, 2.24) is 24.9 Å². The number of aryl methyl sites for hydroxylation is 1. The number of benzene rings is 1. The second kappa shape index (κ2) is 9.60. The van der Waals surface area contributed by atoms with Crippen LogP contribution in [0.1, 0.15) is 30.7 Å². The molecule has 3 aromatic rings. The van der Waals surface area contributed by atoms with Crippen LogP contribution < -0.4 is 0 Å². The number of aromatic amines is 1. The van der Waals surface area contributed by atoms with Crippen LogP contribution in [0.15, 0.2) is 48.7 Å². The molecular weight excluding hydrogens is 395 g/mol. The van der Waals surface area contributed by atoms with Crippen molar-refractivity contribution >= 4 is 5.91 Å². The molecule has 0 bridgehead atoms. The Labute approximate surface area is 172 Å². The lowest BCUT2D eigenvalue weighted by atomic mass is 10.1. The predicted octanol–water partition coefficient (Wildman–Crippen LogP) is 4.16. The third-order valence-electron chi connectivity index (χ3n) is 4.79. The number of aromatic nitrogens is 4. The van der Waals surface area contributed by atoms with E-state index >= 15 is 0 Å². The van der Waals surface area contributed by atoms with E-state index in [9.17, 15) is 18.0 Å². The minimum Gasteiger partial charge on any atom is -0.344 e. The number of hydrogen-bond acceptors (Lipinski definition) is 3. The van der Waals surface area contributed by atoms with E-state index < -0.39 is 11.9 Å². The number of halogens is 3. The van der Waals surface area contributed by atoms with Gasteiger partial charge in [0.1, 0.15) is 6.54 Å². The number of alkyl halides is 3. The van der Waals surface area contributed by atoms with Crippen LogP contribution in [0, 0.1) is 0 Å². The molecule has 2 heterocycles. The molecule has 0 radical (unpaired) electrons. The number of nitrogens with zero attached hydrogens (tertiary/aromatic N) is 4. The van der Waals surface area contributed by atoms with Gasteiger partial charge < -0.3 is 4.90 Å². The maximum Gasteiger partial charge on any atom is 0.435 e. The summed E-state index contributed by atoms with van der Waals surface area (Å²) in [5, 5.41) is 10.8.